The fourth-order valence-corrected chi connectivity index (χ4v) is 3.19. The van der Waals surface area contributed by atoms with E-state index >= 15 is 0 Å². The Balaban J connectivity index is 1.73. The van der Waals surface area contributed by atoms with Crippen molar-refractivity contribution in [1.82, 2.24) is 9.97 Å². The van der Waals surface area contributed by atoms with Crippen LogP contribution in [0.2, 0.25) is 0 Å². The maximum Gasteiger partial charge on any atom is 0.416 e. The van der Waals surface area contributed by atoms with E-state index in [4.69, 9.17) is 0 Å². The van der Waals surface area contributed by atoms with Gasteiger partial charge in [-0.1, -0.05) is 6.07 Å². The molecule has 0 bridgehead atoms. The van der Waals surface area contributed by atoms with Crippen LogP contribution in [0.15, 0.2) is 18.2 Å². The smallest absolute Gasteiger partial charge is 0.342 e. The zero-order chi connectivity index (χ0) is 16.9. The molecule has 2 N–H and O–H groups in total. The highest BCUT2D eigenvalue weighted by Gasteiger charge is 2.33. The number of carbonyl (C=O) groups is 1. The number of aromatic amines is 1. The Morgan fingerprint density at radius 1 is 1.17 bits per heavy atom. The predicted molar refractivity (Wildman–Crippen MR) is 83.2 cm³/mol. The first-order valence-corrected chi connectivity index (χ1v) is 7.74. The number of aryl methyl sites for hydroxylation is 2. The number of hydrogen-bond acceptors (Lipinski definition) is 2. The number of benzene rings is 1. The molecule has 0 unspecified atom stereocenters. The van der Waals surface area contributed by atoms with Gasteiger partial charge in [0.1, 0.15) is 5.82 Å². The molecule has 4 nitrogen and oxygen atoms in total. The summed E-state index contributed by atoms with van der Waals surface area (Å²) in [4.78, 5) is 19.8. The molecule has 2 aliphatic rings. The van der Waals surface area contributed by atoms with Crippen LogP contribution >= 0.6 is 0 Å². The lowest BCUT2D eigenvalue weighted by atomic mass is 10.0. The van der Waals surface area contributed by atoms with Crippen molar-refractivity contribution in [3.05, 3.63) is 46.5 Å². The number of alkyl halides is 3. The quantitative estimate of drug-likeness (QED) is 0.780. The molecule has 7 heteroatoms. The van der Waals surface area contributed by atoms with Crippen LogP contribution in [-0.4, -0.2) is 15.9 Å². The Labute approximate surface area is 135 Å². The molecule has 124 valence electrons. The number of rotatable bonds is 1. The second-order valence-corrected chi connectivity index (χ2v) is 6.02. The minimum Gasteiger partial charge on any atom is -0.342 e. The third-order valence-electron chi connectivity index (χ3n) is 4.38. The van der Waals surface area contributed by atoms with E-state index in [2.05, 4.69) is 15.3 Å². The van der Waals surface area contributed by atoms with E-state index in [1.165, 1.54) is 6.07 Å². The molecule has 2 aromatic rings. The zero-order valence-electron chi connectivity index (χ0n) is 12.6. The lowest BCUT2D eigenvalue weighted by molar-refractivity contribution is -0.137. The minimum absolute atomic E-state index is 0.178. The van der Waals surface area contributed by atoms with Gasteiger partial charge in [-0.05, 0) is 43.9 Å². The molecule has 0 fully saturated rings. The Morgan fingerprint density at radius 2 is 1.96 bits per heavy atom. The van der Waals surface area contributed by atoms with Crippen molar-refractivity contribution in [3.8, 4) is 0 Å². The van der Waals surface area contributed by atoms with Crippen molar-refractivity contribution < 1.29 is 18.0 Å². The van der Waals surface area contributed by atoms with Crippen molar-refractivity contribution in [3.63, 3.8) is 0 Å². The summed E-state index contributed by atoms with van der Waals surface area (Å²) < 4.78 is 38.4. The second-order valence-electron chi connectivity index (χ2n) is 6.02. The number of anilines is 1. The molecular formula is C17H14F3N3O. The third-order valence-corrected chi connectivity index (χ3v) is 4.38. The monoisotopic (exact) mass is 333 g/mol. The summed E-state index contributed by atoms with van der Waals surface area (Å²) in [5.41, 5.74) is 2.28. The van der Waals surface area contributed by atoms with Crippen molar-refractivity contribution in [2.24, 2.45) is 0 Å². The number of halogens is 3. The van der Waals surface area contributed by atoms with E-state index < -0.39 is 17.6 Å². The van der Waals surface area contributed by atoms with Crippen LogP contribution in [0, 0.1) is 0 Å². The normalized spacial score (nSPS) is 18.5. The second kappa shape index (κ2) is 5.22. The number of imidazole rings is 1. The van der Waals surface area contributed by atoms with Gasteiger partial charge in [-0.2, -0.15) is 13.2 Å². The number of aromatic nitrogens is 2. The molecule has 0 saturated carbocycles. The van der Waals surface area contributed by atoms with Crippen molar-refractivity contribution in [2.75, 3.05) is 5.32 Å². The van der Waals surface area contributed by atoms with Gasteiger partial charge in [0, 0.05) is 16.9 Å². The first kappa shape index (κ1) is 15.0. The topological polar surface area (TPSA) is 57.8 Å². The van der Waals surface area contributed by atoms with E-state index in [9.17, 15) is 18.0 Å². The number of H-pyrrole nitrogens is 1. The van der Waals surface area contributed by atoms with Crippen molar-refractivity contribution in [1.29, 1.82) is 0 Å². The lowest BCUT2D eigenvalue weighted by Crippen LogP contribution is -2.06. The summed E-state index contributed by atoms with van der Waals surface area (Å²) in [6.45, 7) is 0. The molecule has 1 aliphatic carbocycles. The van der Waals surface area contributed by atoms with Gasteiger partial charge in [-0.3, -0.25) is 4.79 Å². The van der Waals surface area contributed by atoms with Gasteiger partial charge in [-0.25, -0.2) is 4.98 Å². The van der Waals surface area contributed by atoms with Crippen LogP contribution in [0.25, 0.3) is 11.6 Å². The van der Waals surface area contributed by atoms with Gasteiger partial charge in [0.25, 0.3) is 5.91 Å². The SMILES string of the molecule is O=C1Nc2cc(C(F)(F)F)ccc2C1=Cc1nc2c([nH]1)CCCC2. The highest BCUT2D eigenvalue weighted by molar-refractivity contribution is 6.34. The number of carbonyl (C=O) groups excluding carboxylic acids is 1. The molecular weight excluding hydrogens is 319 g/mol. The van der Waals surface area contributed by atoms with Gasteiger partial charge >= 0.3 is 6.18 Å². The van der Waals surface area contributed by atoms with Crippen LogP contribution in [0.1, 0.15) is 41.2 Å². The summed E-state index contributed by atoms with van der Waals surface area (Å²) in [6, 6.07) is 3.27. The molecule has 2 heterocycles. The van der Waals surface area contributed by atoms with Crippen molar-refractivity contribution >= 4 is 23.2 Å². The first-order valence-electron chi connectivity index (χ1n) is 7.74. The molecule has 0 atom stereocenters. The van der Waals surface area contributed by atoms with Gasteiger partial charge in [0.15, 0.2) is 0 Å². The molecule has 1 aliphatic heterocycles. The highest BCUT2D eigenvalue weighted by Crippen LogP contribution is 2.38. The zero-order valence-corrected chi connectivity index (χ0v) is 12.6. The van der Waals surface area contributed by atoms with Crippen LogP contribution in [0.5, 0.6) is 0 Å². The molecule has 0 saturated heterocycles. The summed E-state index contributed by atoms with van der Waals surface area (Å²) >= 11 is 0. The minimum atomic E-state index is -4.44. The fourth-order valence-electron chi connectivity index (χ4n) is 3.19. The summed E-state index contributed by atoms with van der Waals surface area (Å²) in [6.07, 6.45) is 1.21. The fraction of sp³-hybridized carbons (Fsp3) is 0.294. The molecule has 0 spiro atoms. The van der Waals surface area contributed by atoms with E-state index in [0.29, 0.717) is 17.0 Å². The molecule has 0 radical (unpaired) electrons. The van der Waals surface area contributed by atoms with E-state index in [0.717, 1.165) is 49.2 Å². The maximum absolute atomic E-state index is 12.8. The van der Waals surface area contributed by atoms with Crippen LogP contribution in [0.4, 0.5) is 18.9 Å². The molecule has 4 rings (SSSR count). The van der Waals surface area contributed by atoms with Crippen LogP contribution in [-0.2, 0) is 23.8 Å². The third kappa shape index (κ3) is 2.50. The average molecular weight is 333 g/mol. The Bertz CT molecular complexity index is 841. The summed E-state index contributed by atoms with van der Waals surface area (Å²) in [5.74, 6) is 0.151. The summed E-state index contributed by atoms with van der Waals surface area (Å²) in [5, 5.41) is 2.49. The average Bonchev–Trinajstić information content (AvgIpc) is 3.07. The number of nitrogens with one attached hydrogen (secondary N) is 2. The van der Waals surface area contributed by atoms with Gasteiger partial charge < -0.3 is 10.3 Å². The molecule has 24 heavy (non-hydrogen) atoms. The largest absolute Gasteiger partial charge is 0.416 e. The number of nitrogens with zero attached hydrogens (tertiary/aromatic N) is 1. The van der Waals surface area contributed by atoms with Gasteiger partial charge in [0.05, 0.1) is 16.8 Å². The van der Waals surface area contributed by atoms with Gasteiger partial charge in [-0.15, -0.1) is 0 Å². The first-order chi connectivity index (χ1) is 11.4. The molecule has 1 amide bonds. The van der Waals surface area contributed by atoms with Crippen LogP contribution < -0.4 is 5.32 Å². The van der Waals surface area contributed by atoms with Crippen molar-refractivity contribution in [2.45, 2.75) is 31.9 Å². The predicted octanol–water partition coefficient (Wildman–Crippen LogP) is 3.80. The molecule has 1 aromatic heterocycles. The Hall–Kier alpha value is -2.57. The van der Waals surface area contributed by atoms with E-state index in [1.807, 2.05) is 0 Å². The summed E-state index contributed by atoms with van der Waals surface area (Å²) in [7, 11) is 0. The number of amides is 1. The van der Waals surface area contributed by atoms with Gasteiger partial charge in [0.2, 0.25) is 0 Å². The lowest BCUT2D eigenvalue weighted by Gasteiger charge is -2.07. The standard InChI is InChI=1S/C17H14F3N3O/c18-17(19,20)9-5-6-10-11(16(24)23-14(10)7-9)8-15-21-12-3-1-2-4-13(12)22-15/h5-8H,1-4H2,(H,21,22)(H,23,24). The van der Waals surface area contributed by atoms with Crippen LogP contribution in [0.3, 0.4) is 0 Å². The Morgan fingerprint density at radius 3 is 2.71 bits per heavy atom. The highest BCUT2D eigenvalue weighted by atomic mass is 19.4. The maximum atomic E-state index is 12.8. The number of fused-ring (bicyclic) bond motifs is 2. The molecule has 1 aromatic carbocycles. The Kier molecular flexibility index (Phi) is 3.26. The number of hydrogen-bond donors (Lipinski definition) is 2. The van der Waals surface area contributed by atoms with E-state index in [-0.39, 0.29) is 5.69 Å². The van der Waals surface area contributed by atoms with E-state index in [1.54, 1.807) is 6.08 Å².